The van der Waals surface area contributed by atoms with Gasteiger partial charge in [-0.05, 0) is 75.8 Å². The molecule has 1 aliphatic carbocycles. The van der Waals surface area contributed by atoms with Gasteiger partial charge in [-0.25, -0.2) is 4.98 Å². The van der Waals surface area contributed by atoms with Crippen LogP contribution < -0.4 is 0 Å². The topological polar surface area (TPSA) is 109 Å². The molecule has 3 fully saturated rings. The average Bonchev–Trinajstić information content (AvgIpc) is 4.02. The summed E-state index contributed by atoms with van der Waals surface area (Å²) >= 11 is 1.58. The highest BCUT2D eigenvalue weighted by Crippen LogP contribution is 2.43. The highest BCUT2D eigenvalue weighted by atomic mass is 32.1. The molecule has 316 valence electrons. The minimum atomic E-state index is -0.552. The molecule has 11 heteroatoms. The fraction of sp³-hybridized carbons (Fsp3) is 0.717. The Hall–Kier alpha value is -2.99. The lowest BCUT2D eigenvalue weighted by atomic mass is 9.83. The monoisotopic (exact) mass is 807 g/mol. The summed E-state index contributed by atoms with van der Waals surface area (Å²) in [7, 11) is 7.15. The molecule has 0 unspecified atom stereocenters. The number of methoxy groups -OCH3 is 2. The molecule has 2 aliphatic heterocycles. The van der Waals surface area contributed by atoms with E-state index < -0.39 is 24.0 Å². The maximum Gasteiger partial charge on any atom is 0.226 e. The molecule has 10 nitrogen and oxygen atoms in total. The predicted octanol–water partition coefficient (Wildman–Crippen LogP) is 7.37. The second-order valence-electron chi connectivity index (χ2n) is 17.9. The lowest BCUT2D eigenvalue weighted by Gasteiger charge is -2.41. The Morgan fingerprint density at radius 2 is 1.77 bits per heavy atom. The summed E-state index contributed by atoms with van der Waals surface area (Å²) < 4.78 is 12.2. The quantitative estimate of drug-likeness (QED) is 0.129. The van der Waals surface area contributed by atoms with Crippen molar-refractivity contribution in [2.24, 2.45) is 29.6 Å². The molecular weight excluding hydrogens is 737 g/mol. The van der Waals surface area contributed by atoms with Crippen molar-refractivity contribution in [3.05, 3.63) is 52.0 Å². The van der Waals surface area contributed by atoms with Crippen molar-refractivity contribution in [1.29, 1.82) is 0 Å². The average molecular weight is 807 g/mol. The maximum atomic E-state index is 14.4. The van der Waals surface area contributed by atoms with Crippen molar-refractivity contribution in [2.75, 3.05) is 34.9 Å². The second-order valence-corrected chi connectivity index (χ2v) is 18.8. The molecule has 2 amide bonds. The fourth-order valence-corrected chi connectivity index (χ4v) is 11.2. The van der Waals surface area contributed by atoms with Crippen LogP contribution in [-0.4, -0.2) is 114 Å². The molecule has 3 heterocycles. The molecular formula is C46H70N4O6S. The minimum absolute atomic E-state index is 0.0200. The number of carbonyl (C=O) groups is 4. The maximum absolute atomic E-state index is 14.4. The number of piperidine rings is 1. The largest absolute Gasteiger partial charge is 0.379 e. The number of rotatable bonds is 21. The third-order valence-electron chi connectivity index (χ3n) is 13.9. The van der Waals surface area contributed by atoms with Crippen molar-refractivity contribution in [3.8, 4) is 0 Å². The van der Waals surface area contributed by atoms with Gasteiger partial charge in [0.25, 0.3) is 0 Å². The first-order chi connectivity index (χ1) is 27.2. The van der Waals surface area contributed by atoms with E-state index in [0.29, 0.717) is 24.9 Å². The van der Waals surface area contributed by atoms with Gasteiger partial charge in [0, 0.05) is 76.0 Å². The molecule has 2 aromatic rings. The van der Waals surface area contributed by atoms with E-state index in [4.69, 9.17) is 9.47 Å². The number of amides is 2. The third kappa shape index (κ3) is 10.4. The van der Waals surface area contributed by atoms with Crippen LogP contribution in [0.2, 0.25) is 0 Å². The van der Waals surface area contributed by atoms with Crippen molar-refractivity contribution in [1.82, 2.24) is 19.7 Å². The molecule has 11 atom stereocenters. The van der Waals surface area contributed by atoms with Gasteiger partial charge in [0.15, 0.2) is 5.78 Å². The SMILES string of the molecule is CC[C@H](C)[C@@H]([C@@H](CC(=O)N1CCC[C@H]1[C@H](OC)[C@@H](C)C(=O)C[C@@H](Cc1cccc(C)c1)c1nccs1)OC)N(C)C(=O)[C@@H](CC(=O)[C@@H]1[C@H]2CC[C@@H](C2)N1C)C(C)C. The Morgan fingerprint density at radius 3 is 2.37 bits per heavy atom. The molecule has 5 rings (SSSR count). The molecule has 1 aromatic heterocycles. The van der Waals surface area contributed by atoms with E-state index in [2.05, 4.69) is 62.0 Å². The molecule has 1 saturated carbocycles. The smallest absolute Gasteiger partial charge is 0.226 e. The standard InChI is InChI=1S/C46H70N4O6S/c1-11-30(5)42(49(8)46(54)36(28(2)3)26-39(52)43-33-17-18-35(24-33)48(43)7)40(55-9)27-41(53)50-20-13-16-37(50)44(56-10)31(6)38(51)25-34(45-47-19-21-57-45)23-32-15-12-14-29(4)22-32/h12,14-15,19,21-22,28,30-31,33-37,40,42-44H,11,13,16-18,20,23-27H2,1-10H3/t30-,31-,33-,34+,35-,36-,37-,40+,42-,43-,44+/m0/s1. The van der Waals surface area contributed by atoms with E-state index in [1.165, 1.54) is 11.1 Å². The highest BCUT2D eigenvalue weighted by Gasteiger charge is 2.48. The van der Waals surface area contributed by atoms with Crippen LogP contribution in [-0.2, 0) is 35.1 Å². The van der Waals surface area contributed by atoms with Gasteiger partial charge in [0.1, 0.15) is 5.78 Å². The number of aromatic nitrogens is 1. The van der Waals surface area contributed by atoms with Gasteiger partial charge < -0.3 is 19.3 Å². The first kappa shape index (κ1) is 45.1. The summed E-state index contributed by atoms with van der Waals surface area (Å²) in [6.45, 7) is 12.8. The number of ketones is 2. The van der Waals surface area contributed by atoms with E-state index in [1.807, 2.05) is 38.1 Å². The Bertz CT molecular complexity index is 1650. The third-order valence-corrected chi connectivity index (χ3v) is 14.9. The first-order valence-electron chi connectivity index (χ1n) is 21.5. The number of likely N-dealkylation sites (tertiary alicyclic amines) is 2. The molecule has 2 bridgehead atoms. The zero-order chi connectivity index (χ0) is 41.6. The zero-order valence-corrected chi connectivity index (χ0v) is 37.1. The van der Waals surface area contributed by atoms with E-state index in [-0.39, 0.29) is 72.1 Å². The summed E-state index contributed by atoms with van der Waals surface area (Å²) in [5.41, 5.74) is 2.37. The number of carbonyl (C=O) groups excluding carboxylic acids is 4. The van der Waals surface area contributed by atoms with Gasteiger partial charge in [-0.1, -0.05) is 70.9 Å². The number of aryl methyl sites for hydroxylation is 1. The van der Waals surface area contributed by atoms with Crippen molar-refractivity contribution >= 4 is 34.7 Å². The minimum Gasteiger partial charge on any atom is -0.379 e. The first-order valence-corrected chi connectivity index (χ1v) is 22.4. The summed E-state index contributed by atoms with van der Waals surface area (Å²) in [5, 5.41) is 2.91. The second kappa shape index (κ2) is 20.3. The predicted molar refractivity (Wildman–Crippen MR) is 226 cm³/mol. The molecule has 0 N–H and O–H groups in total. The zero-order valence-electron chi connectivity index (χ0n) is 36.3. The van der Waals surface area contributed by atoms with Crippen LogP contribution >= 0.6 is 11.3 Å². The Labute approximate surface area is 346 Å². The van der Waals surface area contributed by atoms with Gasteiger partial charge in [0.05, 0.1) is 41.8 Å². The van der Waals surface area contributed by atoms with Crippen LogP contribution in [0.15, 0.2) is 35.8 Å². The van der Waals surface area contributed by atoms with Gasteiger partial charge >= 0.3 is 0 Å². The van der Waals surface area contributed by atoms with Crippen molar-refractivity contribution < 1.29 is 28.7 Å². The van der Waals surface area contributed by atoms with E-state index in [9.17, 15) is 19.2 Å². The summed E-state index contributed by atoms with van der Waals surface area (Å²) in [5.74, 6) is -0.363. The normalized spacial score (nSPS) is 24.6. The molecule has 1 aromatic carbocycles. The summed E-state index contributed by atoms with van der Waals surface area (Å²) in [6.07, 6.45) is 7.84. The number of Topliss-reactive ketones (excluding diaryl/α,β-unsaturated/α-hetero) is 2. The summed E-state index contributed by atoms with van der Waals surface area (Å²) in [6, 6.07) is 8.17. The Morgan fingerprint density at radius 1 is 1.02 bits per heavy atom. The molecule has 3 aliphatic rings. The number of thiazole rings is 1. The van der Waals surface area contributed by atoms with Crippen molar-refractivity contribution in [2.45, 2.75) is 148 Å². The van der Waals surface area contributed by atoms with Gasteiger partial charge in [-0.2, -0.15) is 0 Å². The number of benzene rings is 1. The van der Waals surface area contributed by atoms with Crippen LogP contribution in [0.4, 0.5) is 0 Å². The van der Waals surface area contributed by atoms with E-state index in [0.717, 1.165) is 50.0 Å². The fourth-order valence-electron chi connectivity index (χ4n) is 10.5. The van der Waals surface area contributed by atoms with Crippen LogP contribution in [0.3, 0.4) is 0 Å². The Kier molecular flexibility index (Phi) is 16.1. The Balaban J connectivity index is 1.27. The molecule has 57 heavy (non-hydrogen) atoms. The van der Waals surface area contributed by atoms with Crippen LogP contribution in [0.1, 0.15) is 114 Å². The number of likely N-dealkylation sites (N-methyl/N-ethyl adjacent to an activating group) is 2. The number of ether oxygens (including phenoxy) is 2. The van der Waals surface area contributed by atoms with Crippen LogP contribution in [0.25, 0.3) is 0 Å². The number of hydrogen-bond donors (Lipinski definition) is 0. The number of hydrogen-bond acceptors (Lipinski definition) is 9. The molecule has 2 saturated heterocycles. The number of nitrogens with zero attached hydrogens (tertiary/aromatic N) is 4. The molecule has 0 spiro atoms. The van der Waals surface area contributed by atoms with Gasteiger partial charge in [0.2, 0.25) is 11.8 Å². The van der Waals surface area contributed by atoms with Crippen molar-refractivity contribution in [3.63, 3.8) is 0 Å². The summed E-state index contributed by atoms with van der Waals surface area (Å²) in [4.78, 5) is 67.3. The number of fused-ring (bicyclic) bond motifs is 2. The lowest BCUT2D eigenvalue weighted by Crippen LogP contribution is -2.54. The van der Waals surface area contributed by atoms with E-state index in [1.54, 1.807) is 36.7 Å². The van der Waals surface area contributed by atoms with Crippen LogP contribution in [0.5, 0.6) is 0 Å². The van der Waals surface area contributed by atoms with Gasteiger partial charge in [-0.3, -0.25) is 24.1 Å². The lowest BCUT2D eigenvalue weighted by molar-refractivity contribution is -0.149. The van der Waals surface area contributed by atoms with Crippen LogP contribution in [0, 0.1) is 36.5 Å². The van der Waals surface area contributed by atoms with Gasteiger partial charge in [-0.15, -0.1) is 11.3 Å². The van der Waals surface area contributed by atoms with E-state index >= 15 is 0 Å². The highest BCUT2D eigenvalue weighted by molar-refractivity contribution is 7.09. The molecule has 0 radical (unpaired) electrons.